The van der Waals surface area contributed by atoms with Gasteiger partial charge in [-0.25, -0.2) is 4.98 Å². The van der Waals surface area contributed by atoms with Gasteiger partial charge in [0, 0.05) is 16.0 Å². The van der Waals surface area contributed by atoms with E-state index in [0.29, 0.717) is 22.3 Å². The molecule has 0 saturated heterocycles. The van der Waals surface area contributed by atoms with Crippen LogP contribution in [0.4, 0.5) is 16.5 Å². The van der Waals surface area contributed by atoms with Crippen LogP contribution in [-0.2, 0) is 4.79 Å². The summed E-state index contributed by atoms with van der Waals surface area (Å²) in [4.78, 5) is 28.2. The maximum Gasteiger partial charge on any atom is 0.275 e. The zero-order chi connectivity index (χ0) is 14.1. The van der Waals surface area contributed by atoms with E-state index in [2.05, 4.69) is 15.6 Å². The van der Waals surface area contributed by atoms with E-state index in [4.69, 9.17) is 5.73 Å². The Bertz CT molecular complexity index is 699. The fraction of sp³-hybridized carbons (Fsp3) is 0.0833. The molecule has 0 radical (unpaired) electrons. The summed E-state index contributed by atoms with van der Waals surface area (Å²) in [6, 6.07) is 5.38. The summed E-state index contributed by atoms with van der Waals surface area (Å²) in [6.07, 6.45) is 0. The number of carbonyl (C=O) groups is 2. The van der Waals surface area contributed by atoms with Crippen LogP contribution in [0.3, 0.4) is 0 Å². The summed E-state index contributed by atoms with van der Waals surface area (Å²) in [7, 11) is 0. The zero-order valence-electron chi connectivity index (χ0n) is 10.2. The third kappa shape index (κ3) is 2.61. The molecule has 0 aliphatic carbocycles. The summed E-state index contributed by atoms with van der Waals surface area (Å²) >= 11 is 2.68. The predicted octanol–water partition coefficient (Wildman–Crippen LogP) is 2.02. The van der Waals surface area contributed by atoms with Gasteiger partial charge in [-0.05, 0) is 18.2 Å². The second-order valence-electron chi connectivity index (χ2n) is 4.07. The Morgan fingerprint density at radius 3 is 3.05 bits per heavy atom. The lowest BCUT2D eigenvalue weighted by atomic mass is 10.2. The Balaban J connectivity index is 1.80. The largest absolute Gasteiger partial charge is 0.375 e. The second-order valence-corrected chi connectivity index (χ2v) is 5.98. The highest BCUT2D eigenvalue weighted by Crippen LogP contribution is 2.33. The third-order valence-electron chi connectivity index (χ3n) is 2.62. The fourth-order valence-corrected chi connectivity index (χ4v) is 3.08. The molecule has 3 rings (SSSR count). The number of anilines is 3. The summed E-state index contributed by atoms with van der Waals surface area (Å²) < 4.78 is 0. The van der Waals surface area contributed by atoms with Crippen molar-refractivity contribution in [3.8, 4) is 0 Å². The molecule has 0 saturated carbocycles. The summed E-state index contributed by atoms with van der Waals surface area (Å²) in [6.45, 7) is 0. The number of benzene rings is 1. The van der Waals surface area contributed by atoms with E-state index < -0.39 is 0 Å². The Labute approximate surface area is 122 Å². The minimum Gasteiger partial charge on any atom is -0.375 e. The normalized spacial score (nSPS) is 13.5. The molecule has 0 fully saturated rings. The number of nitrogens with two attached hydrogens (primary N) is 1. The van der Waals surface area contributed by atoms with Crippen molar-refractivity contribution in [3.63, 3.8) is 0 Å². The number of aromatic nitrogens is 1. The Morgan fingerprint density at radius 2 is 2.30 bits per heavy atom. The van der Waals surface area contributed by atoms with Gasteiger partial charge >= 0.3 is 0 Å². The average Bonchev–Trinajstić information content (AvgIpc) is 2.85. The van der Waals surface area contributed by atoms with E-state index >= 15 is 0 Å². The van der Waals surface area contributed by atoms with Gasteiger partial charge < -0.3 is 16.4 Å². The van der Waals surface area contributed by atoms with E-state index in [1.54, 1.807) is 17.5 Å². The van der Waals surface area contributed by atoms with Crippen molar-refractivity contribution in [2.24, 2.45) is 0 Å². The number of hydrogen-bond donors (Lipinski definition) is 3. The minimum absolute atomic E-state index is 0.0433. The number of carbonyl (C=O) groups excluding carboxylic acids is 2. The van der Waals surface area contributed by atoms with Gasteiger partial charge in [0.25, 0.3) is 5.91 Å². The van der Waals surface area contributed by atoms with Gasteiger partial charge in [-0.1, -0.05) is 0 Å². The van der Waals surface area contributed by atoms with Crippen LogP contribution in [0.2, 0.25) is 0 Å². The molecule has 1 aliphatic heterocycles. The number of thioether (sulfide) groups is 1. The van der Waals surface area contributed by atoms with Crippen molar-refractivity contribution < 1.29 is 9.59 Å². The molecule has 2 heterocycles. The van der Waals surface area contributed by atoms with Crippen molar-refractivity contribution in [2.45, 2.75) is 4.90 Å². The maximum atomic E-state index is 11.9. The molecule has 8 heteroatoms. The van der Waals surface area contributed by atoms with E-state index in [1.165, 1.54) is 23.1 Å². The van der Waals surface area contributed by atoms with Crippen LogP contribution in [0.25, 0.3) is 0 Å². The van der Waals surface area contributed by atoms with Crippen LogP contribution in [0.1, 0.15) is 10.5 Å². The van der Waals surface area contributed by atoms with Crippen molar-refractivity contribution in [3.05, 3.63) is 29.3 Å². The van der Waals surface area contributed by atoms with E-state index in [0.717, 1.165) is 4.90 Å². The molecule has 102 valence electrons. The van der Waals surface area contributed by atoms with Crippen LogP contribution in [0.5, 0.6) is 0 Å². The number of thiazole rings is 1. The van der Waals surface area contributed by atoms with Crippen LogP contribution in [-0.4, -0.2) is 22.6 Å². The SMILES string of the molecule is Nc1nc(C(=O)Nc2ccc3c(c2)NC(=O)CS3)cs1. The molecule has 4 N–H and O–H groups in total. The highest BCUT2D eigenvalue weighted by Gasteiger charge is 2.16. The molecule has 1 aromatic carbocycles. The number of hydrogen-bond acceptors (Lipinski definition) is 6. The lowest BCUT2D eigenvalue weighted by Gasteiger charge is -2.17. The molecular weight excluding hydrogens is 296 g/mol. The maximum absolute atomic E-state index is 11.9. The van der Waals surface area contributed by atoms with Gasteiger partial charge in [0.05, 0.1) is 11.4 Å². The molecule has 20 heavy (non-hydrogen) atoms. The van der Waals surface area contributed by atoms with Gasteiger partial charge in [0.2, 0.25) is 5.91 Å². The van der Waals surface area contributed by atoms with Crippen LogP contribution in [0.15, 0.2) is 28.5 Å². The van der Waals surface area contributed by atoms with Crippen molar-refractivity contribution >= 4 is 51.4 Å². The van der Waals surface area contributed by atoms with Crippen molar-refractivity contribution in [1.29, 1.82) is 0 Å². The van der Waals surface area contributed by atoms with Gasteiger partial charge in [-0.2, -0.15) is 0 Å². The topological polar surface area (TPSA) is 97.1 Å². The number of amides is 2. The highest BCUT2D eigenvalue weighted by molar-refractivity contribution is 8.00. The minimum atomic E-state index is -0.326. The first-order valence-electron chi connectivity index (χ1n) is 5.71. The molecule has 0 atom stereocenters. The number of nitrogens with zero attached hydrogens (tertiary/aromatic N) is 1. The average molecular weight is 306 g/mol. The first-order chi connectivity index (χ1) is 9.61. The van der Waals surface area contributed by atoms with Crippen molar-refractivity contribution in [2.75, 3.05) is 22.1 Å². The summed E-state index contributed by atoms with van der Waals surface area (Å²) in [5.41, 5.74) is 7.08. The smallest absolute Gasteiger partial charge is 0.275 e. The molecule has 2 amide bonds. The first-order valence-corrected chi connectivity index (χ1v) is 7.57. The quantitative estimate of drug-likeness (QED) is 0.788. The predicted molar refractivity (Wildman–Crippen MR) is 80.3 cm³/mol. The van der Waals surface area contributed by atoms with Gasteiger partial charge in [0.1, 0.15) is 5.69 Å². The van der Waals surface area contributed by atoms with Crippen LogP contribution >= 0.6 is 23.1 Å². The van der Waals surface area contributed by atoms with E-state index in [-0.39, 0.29) is 17.5 Å². The fourth-order valence-electron chi connectivity index (χ4n) is 1.75. The molecule has 0 bridgehead atoms. The number of nitrogen functional groups attached to an aromatic ring is 1. The van der Waals surface area contributed by atoms with Gasteiger partial charge in [-0.3, -0.25) is 9.59 Å². The molecule has 6 nitrogen and oxygen atoms in total. The number of nitrogens with one attached hydrogen (secondary N) is 2. The van der Waals surface area contributed by atoms with Crippen LogP contribution < -0.4 is 16.4 Å². The Morgan fingerprint density at radius 1 is 1.45 bits per heavy atom. The molecule has 1 aliphatic rings. The monoisotopic (exact) mass is 306 g/mol. The summed E-state index contributed by atoms with van der Waals surface area (Å²) in [5.74, 6) is 0.0440. The zero-order valence-corrected chi connectivity index (χ0v) is 11.8. The van der Waals surface area contributed by atoms with E-state index in [1.807, 2.05) is 6.07 Å². The molecule has 2 aromatic rings. The van der Waals surface area contributed by atoms with Gasteiger partial charge in [-0.15, -0.1) is 23.1 Å². The van der Waals surface area contributed by atoms with Crippen LogP contribution in [0, 0.1) is 0 Å². The lowest BCUT2D eigenvalue weighted by molar-refractivity contribution is -0.113. The number of fused-ring (bicyclic) bond motifs is 1. The first kappa shape index (κ1) is 12.9. The lowest BCUT2D eigenvalue weighted by Crippen LogP contribution is -2.19. The second kappa shape index (κ2) is 5.14. The van der Waals surface area contributed by atoms with E-state index in [9.17, 15) is 9.59 Å². The highest BCUT2D eigenvalue weighted by atomic mass is 32.2. The third-order valence-corrected chi connectivity index (χ3v) is 4.37. The molecule has 1 aromatic heterocycles. The molecule has 0 spiro atoms. The molecule has 0 unspecified atom stereocenters. The molecular formula is C12H10N4O2S2. The number of rotatable bonds is 2. The Kier molecular flexibility index (Phi) is 3.33. The van der Waals surface area contributed by atoms with Gasteiger partial charge in [0.15, 0.2) is 5.13 Å². The summed E-state index contributed by atoms with van der Waals surface area (Å²) in [5, 5.41) is 7.45. The Hall–Kier alpha value is -2.06. The standard InChI is InChI=1S/C12H10N4O2S2/c13-12-16-8(4-20-12)11(18)14-6-1-2-9-7(3-6)15-10(17)5-19-9/h1-4H,5H2,(H2,13,16)(H,14,18)(H,15,17). The van der Waals surface area contributed by atoms with Crippen molar-refractivity contribution in [1.82, 2.24) is 4.98 Å².